The summed E-state index contributed by atoms with van der Waals surface area (Å²) in [5, 5.41) is 6.42. The molecule has 0 aliphatic heterocycles. The maximum Gasteiger partial charge on any atom is 0.235 e. The van der Waals surface area contributed by atoms with Gasteiger partial charge >= 0.3 is 0 Å². The standard InChI is InChI=1S/C9H10N4O/c10-8-5-9(13-12-8)14-6-7-3-1-2-4-11-7/h1-5H,6H2,(H3,10,12,13). The minimum absolute atomic E-state index is 0.394. The molecule has 0 aliphatic rings. The molecule has 2 aromatic heterocycles. The second-order valence-electron chi connectivity index (χ2n) is 2.77. The summed E-state index contributed by atoms with van der Waals surface area (Å²) in [6.07, 6.45) is 1.72. The number of anilines is 1. The predicted octanol–water partition coefficient (Wildman–Crippen LogP) is 0.966. The number of aromatic amines is 1. The minimum atomic E-state index is 0.394. The van der Waals surface area contributed by atoms with Crippen LogP contribution >= 0.6 is 0 Å². The van der Waals surface area contributed by atoms with Gasteiger partial charge in [0.25, 0.3) is 0 Å². The van der Waals surface area contributed by atoms with Gasteiger partial charge in [0.05, 0.1) is 5.69 Å². The molecule has 2 aromatic rings. The Morgan fingerprint density at radius 2 is 2.36 bits per heavy atom. The quantitative estimate of drug-likeness (QED) is 0.755. The third-order valence-corrected chi connectivity index (χ3v) is 1.67. The van der Waals surface area contributed by atoms with Gasteiger partial charge in [-0.25, -0.2) is 0 Å². The first kappa shape index (κ1) is 8.55. The molecule has 0 radical (unpaired) electrons. The lowest BCUT2D eigenvalue weighted by atomic mass is 10.4. The number of rotatable bonds is 3. The third-order valence-electron chi connectivity index (χ3n) is 1.67. The summed E-state index contributed by atoms with van der Waals surface area (Å²) in [5.41, 5.74) is 6.29. The van der Waals surface area contributed by atoms with Gasteiger partial charge in [0, 0.05) is 12.3 Å². The largest absolute Gasteiger partial charge is 0.470 e. The van der Waals surface area contributed by atoms with Crippen LogP contribution in [0.5, 0.6) is 5.88 Å². The number of nitrogens with zero attached hydrogens (tertiary/aromatic N) is 2. The lowest BCUT2D eigenvalue weighted by Crippen LogP contribution is -1.97. The zero-order valence-electron chi connectivity index (χ0n) is 7.47. The second kappa shape index (κ2) is 3.78. The van der Waals surface area contributed by atoms with Gasteiger partial charge in [-0.2, -0.15) is 0 Å². The van der Waals surface area contributed by atoms with Gasteiger partial charge < -0.3 is 10.5 Å². The van der Waals surface area contributed by atoms with E-state index in [1.54, 1.807) is 12.3 Å². The molecule has 0 fully saturated rings. The molecule has 0 saturated heterocycles. The van der Waals surface area contributed by atoms with E-state index >= 15 is 0 Å². The van der Waals surface area contributed by atoms with Crippen molar-refractivity contribution in [1.82, 2.24) is 15.2 Å². The van der Waals surface area contributed by atoms with E-state index in [0.717, 1.165) is 5.69 Å². The highest BCUT2D eigenvalue weighted by Crippen LogP contribution is 2.10. The van der Waals surface area contributed by atoms with E-state index in [1.807, 2.05) is 18.2 Å². The maximum atomic E-state index is 5.43. The normalized spacial score (nSPS) is 10.0. The Balaban J connectivity index is 1.95. The average Bonchev–Trinajstić information content (AvgIpc) is 2.63. The predicted molar refractivity (Wildman–Crippen MR) is 51.6 cm³/mol. The van der Waals surface area contributed by atoms with Crippen molar-refractivity contribution < 1.29 is 4.74 Å². The molecule has 0 unspecified atom stereocenters. The fourth-order valence-electron chi connectivity index (χ4n) is 1.02. The van der Waals surface area contributed by atoms with Crippen molar-refractivity contribution in [2.45, 2.75) is 6.61 Å². The summed E-state index contributed by atoms with van der Waals surface area (Å²) in [5.74, 6) is 0.967. The Hall–Kier alpha value is -2.04. The molecule has 0 spiro atoms. The molecule has 14 heavy (non-hydrogen) atoms. The summed E-state index contributed by atoms with van der Waals surface area (Å²) in [6.45, 7) is 0.394. The molecule has 0 atom stereocenters. The molecule has 2 rings (SSSR count). The van der Waals surface area contributed by atoms with Crippen LogP contribution < -0.4 is 10.5 Å². The van der Waals surface area contributed by atoms with Gasteiger partial charge in [-0.05, 0) is 12.1 Å². The highest BCUT2D eigenvalue weighted by atomic mass is 16.5. The molecule has 2 heterocycles. The van der Waals surface area contributed by atoms with Crippen LogP contribution in [0.4, 0.5) is 5.82 Å². The molecule has 5 heteroatoms. The van der Waals surface area contributed by atoms with Crippen LogP contribution in [0.15, 0.2) is 30.5 Å². The van der Waals surface area contributed by atoms with Gasteiger partial charge in [0.1, 0.15) is 12.4 Å². The number of pyridine rings is 1. The molecule has 0 aromatic carbocycles. The summed E-state index contributed by atoms with van der Waals surface area (Å²) in [6, 6.07) is 7.28. The van der Waals surface area contributed by atoms with Crippen LogP contribution in [-0.2, 0) is 6.61 Å². The molecule has 5 nitrogen and oxygen atoms in total. The topological polar surface area (TPSA) is 76.8 Å². The van der Waals surface area contributed by atoms with Gasteiger partial charge in [0.2, 0.25) is 5.88 Å². The highest BCUT2D eigenvalue weighted by molar-refractivity contribution is 5.31. The number of nitrogen functional groups attached to an aromatic ring is 1. The average molecular weight is 190 g/mol. The highest BCUT2D eigenvalue weighted by Gasteiger charge is 1.99. The van der Waals surface area contributed by atoms with E-state index in [9.17, 15) is 0 Å². The first-order chi connectivity index (χ1) is 6.84. The Morgan fingerprint density at radius 1 is 1.43 bits per heavy atom. The zero-order valence-corrected chi connectivity index (χ0v) is 7.47. The van der Waals surface area contributed by atoms with Crippen LogP contribution in [0.25, 0.3) is 0 Å². The third kappa shape index (κ3) is 2.01. The minimum Gasteiger partial charge on any atom is -0.470 e. The molecule has 0 amide bonds. The van der Waals surface area contributed by atoms with Crippen molar-refractivity contribution >= 4 is 5.82 Å². The van der Waals surface area contributed by atoms with Gasteiger partial charge in [-0.3, -0.25) is 10.1 Å². The number of ether oxygens (including phenoxy) is 1. The Morgan fingerprint density at radius 3 is 3.00 bits per heavy atom. The molecule has 72 valence electrons. The van der Waals surface area contributed by atoms with E-state index in [2.05, 4.69) is 15.2 Å². The molecule has 0 saturated carbocycles. The summed E-state index contributed by atoms with van der Waals surface area (Å²) in [7, 11) is 0. The van der Waals surface area contributed by atoms with Crippen molar-refractivity contribution in [2.75, 3.05) is 5.73 Å². The molecule has 0 bridgehead atoms. The number of hydrogen-bond acceptors (Lipinski definition) is 4. The van der Waals surface area contributed by atoms with Crippen LogP contribution in [0, 0.1) is 0 Å². The number of nitrogens with two attached hydrogens (primary N) is 1. The fourth-order valence-corrected chi connectivity index (χ4v) is 1.02. The lowest BCUT2D eigenvalue weighted by Gasteiger charge is -2.00. The first-order valence-corrected chi connectivity index (χ1v) is 4.18. The summed E-state index contributed by atoms with van der Waals surface area (Å²) in [4.78, 5) is 4.11. The monoisotopic (exact) mass is 190 g/mol. The Labute approximate surface area is 80.9 Å². The number of H-pyrrole nitrogens is 1. The Kier molecular flexibility index (Phi) is 2.31. The van der Waals surface area contributed by atoms with Crippen molar-refractivity contribution in [3.05, 3.63) is 36.2 Å². The van der Waals surface area contributed by atoms with E-state index in [0.29, 0.717) is 18.3 Å². The smallest absolute Gasteiger partial charge is 0.235 e. The van der Waals surface area contributed by atoms with Crippen LogP contribution in [0.1, 0.15) is 5.69 Å². The second-order valence-corrected chi connectivity index (χ2v) is 2.77. The van der Waals surface area contributed by atoms with Crippen molar-refractivity contribution in [3.8, 4) is 5.88 Å². The zero-order chi connectivity index (χ0) is 9.80. The SMILES string of the molecule is Nc1cc(OCc2ccccn2)n[nH]1. The van der Waals surface area contributed by atoms with E-state index in [4.69, 9.17) is 10.5 Å². The van der Waals surface area contributed by atoms with Gasteiger partial charge in [-0.1, -0.05) is 6.07 Å². The number of hydrogen-bond donors (Lipinski definition) is 2. The summed E-state index contributed by atoms with van der Waals surface area (Å²) >= 11 is 0. The van der Waals surface area contributed by atoms with Gasteiger partial charge in [-0.15, -0.1) is 5.10 Å². The lowest BCUT2D eigenvalue weighted by molar-refractivity contribution is 0.289. The molecule has 3 N–H and O–H groups in total. The first-order valence-electron chi connectivity index (χ1n) is 4.18. The van der Waals surface area contributed by atoms with Crippen LogP contribution in [0.3, 0.4) is 0 Å². The van der Waals surface area contributed by atoms with E-state index in [1.165, 1.54) is 0 Å². The van der Waals surface area contributed by atoms with Crippen LogP contribution in [0.2, 0.25) is 0 Å². The Bertz CT molecular complexity index is 398. The fraction of sp³-hybridized carbons (Fsp3) is 0.111. The molecule has 0 aliphatic carbocycles. The van der Waals surface area contributed by atoms with Crippen molar-refractivity contribution in [1.29, 1.82) is 0 Å². The molecular weight excluding hydrogens is 180 g/mol. The van der Waals surface area contributed by atoms with Crippen molar-refractivity contribution in [2.24, 2.45) is 0 Å². The molecular formula is C9H10N4O. The van der Waals surface area contributed by atoms with Gasteiger partial charge in [0.15, 0.2) is 0 Å². The number of aromatic nitrogens is 3. The van der Waals surface area contributed by atoms with Crippen molar-refractivity contribution in [3.63, 3.8) is 0 Å². The van der Waals surface area contributed by atoms with Crippen LogP contribution in [-0.4, -0.2) is 15.2 Å². The van der Waals surface area contributed by atoms with E-state index in [-0.39, 0.29) is 0 Å². The van der Waals surface area contributed by atoms with E-state index < -0.39 is 0 Å². The maximum absolute atomic E-state index is 5.43. The number of nitrogens with one attached hydrogen (secondary N) is 1. The summed E-state index contributed by atoms with van der Waals surface area (Å²) < 4.78 is 5.33.